The molecule has 5 nitrogen and oxygen atoms in total. The second-order valence-corrected chi connectivity index (χ2v) is 3.95. The summed E-state index contributed by atoms with van der Waals surface area (Å²) in [5.41, 5.74) is 0.507. The second-order valence-electron chi connectivity index (χ2n) is 3.95. The van der Waals surface area contributed by atoms with Crippen molar-refractivity contribution in [3.05, 3.63) is 24.0 Å². The molecular formula is C12H19N3O2. The SMILES string of the molecule is C/C=C/C(=O)c1c(OC)cnn1CCN(C)C. The lowest BCUT2D eigenvalue weighted by atomic mass is 10.2. The van der Waals surface area contributed by atoms with Gasteiger partial charge in [-0.1, -0.05) is 6.08 Å². The van der Waals surface area contributed by atoms with E-state index in [2.05, 4.69) is 5.10 Å². The number of rotatable bonds is 6. The van der Waals surface area contributed by atoms with E-state index in [1.807, 2.05) is 25.9 Å². The van der Waals surface area contributed by atoms with Gasteiger partial charge in [-0.25, -0.2) is 0 Å². The van der Waals surface area contributed by atoms with Gasteiger partial charge in [0.25, 0.3) is 0 Å². The number of aromatic nitrogens is 2. The van der Waals surface area contributed by atoms with Crippen molar-refractivity contribution < 1.29 is 9.53 Å². The van der Waals surface area contributed by atoms with Crippen molar-refractivity contribution in [1.29, 1.82) is 0 Å². The zero-order chi connectivity index (χ0) is 12.8. The molecule has 0 saturated carbocycles. The van der Waals surface area contributed by atoms with Crippen LogP contribution in [-0.4, -0.2) is 48.2 Å². The Balaban J connectivity index is 2.97. The smallest absolute Gasteiger partial charge is 0.207 e. The van der Waals surface area contributed by atoms with Crippen LogP contribution in [0.5, 0.6) is 5.75 Å². The highest BCUT2D eigenvalue weighted by Gasteiger charge is 2.16. The highest BCUT2D eigenvalue weighted by molar-refractivity contribution is 6.05. The number of ether oxygens (including phenoxy) is 1. The molecule has 0 N–H and O–H groups in total. The normalized spacial score (nSPS) is 11.4. The molecule has 0 unspecified atom stereocenters. The Hall–Kier alpha value is -1.62. The van der Waals surface area contributed by atoms with Gasteiger partial charge in [0.15, 0.2) is 11.4 Å². The first-order valence-corrected chi connectivity index (χ1v) is 5.51. The number of hydrogen-bond donors (Lipinski definition) is 0. The van der Waals surface area contributed by atoms with Crippen LogP contribution in [-0.2, 0) is 6.54 Å². The highest BCUT2D eigenvalue weighted by atomic mass is 16.5. The van der Waals surface area contributed by atoms with Gasteiger partial charge >= 0.3 is 0 Å². The molecular weight excluding hydrogens is 218 g/mol. The molecule has 1 aromatic rings. The number of methoxy groups -OCH3 is 1. The van der Waals surface area contributed by atoms with Gasteiger partial charge in [0.1, 0.15) is 0 Å². The fourth-order valence-electron chi connectivity index (χ4n) is 1.46. The van der Waals surface area contributed by atoms with Gasteiger partial charge in [0, 0.05) is 6.54 Å². The Morgan fingerprint density at radius 2 is 2.29 bits per heavy atom. The van der Waals surface area contributed by atoms with Crippen LogP contribution in [0.15, 0.2) is 18.3 Å². The molecule has 0 bridgehead atoms. The van der Waals surface area contributed by atoms with Crippen LogP contribution < -0.4 is 4.74 Å². The van der Waals surface area contributed by atoms with Gasteiger partial charge in [-0.3, -0.25) is 9.48 Å². The number of carbonyl (C=O) groups excluding carboxylic acids is 1. The molecule has 94 valence electrons. The summed E-state index contributed by atoms with van der Waals surface area (Å²) in [6.07, 6.45) is 4.81. The van der Waals surface area contributed by atoms with E-state index >= 15 is 0 Å². The van der Waals surface area contributed by atoms with Gasteiger partial charge in [0.2, 0.25) is 5.78 Å². The van der Waals surface area contributed by atoms with Crippen molar-refractivity contribution in [2.45, 2.75) is 13.5 Å². The maximum absolute atomic E-state index is 11.9. The molecule has 0 atom stereocenters. The maximum atomic E-state index is 11.9. The van der Waals surface area contributed by atoms with E-state index in [-0.39, 0.29) is 5.78 Å². The van der Waals surface area contributed by atoms with Crippen LogP contribution in [0, 0.1) is 0 Å². The fraction of sp³-hybridized carbons (Fsp3) is 0.500. The van der Waals surface area contributed by atoms with Gasteiger partial charge in [0.05, 0.1) is 19.9 Å². The van der Waals surface area contributed by atoms with Crippen LogP contribution in [0.25, 0.3) is 0 Å². The third kappa shape index (κ3) is 3.42. The van der Waals surface area contributed by atoms with E-state index < -0.39 is 0 Å². The third-order valence-corrected chi connectivity index (χ3v) is 2.34. The molecule has 1 rings (SSSR count). The molecule has 1 aromatic heterocycles. The van der Waals surface area contributed by atoms with Crippen molar-refractivity contribution in [2.24, 2.45) is 0 Å². The summed E-state index contributed by atoms with van der Waals surface area (Å²) in [5.74, 6) is 0.437. The molecule has 0 aliphatic carbocycles. The second kappa shape index (κ2) is 6.20. The number of allylic oxidation sites excluding steroid dienone is 2. The first-order chi connectivity index (χ1) is 8.10. The van der Waals surface area contributed by atoms with Crippen molar-refractivity contribution in [2.75, 3.05) is 27.7 Å². The summed E-state index contributed by atoms with van der Waals surface area (Å²) in [6, 6.07) is 0. The molecule has 0 spiro atoms. The number of carbonyl (C=O) groups is 1. The predicted octanol–water partition coefficient (Wildman–Crippen LogP) is 1.21. The van der Waals surface area contributed by atoms with E-state index in [1.54, 1.807) is 24.1 Å². The van der Waals surface area contributed by atoms with E-state index in [4.69, 9.17) is 4.74 Å². The standard InChI is InChI=1S/C12H19N3O2/c1-5-6-10(16)12-11(17-4)9-13-15(12)8-7-14(2)3/h5-6,9H,7-8H2,1-4H3/b6-5+. The minimum atomic E-state index is -0.0828. The Morgan fingerprint density at radius 1 is 1.59 bits per heavy atom. The molecule has 17 heavy (non-hydrogen) atoms. The van der Waals surface area contributed by atoms with Crippen molar-refractivity contribution >= 4 is 5.78 Å². The van der Waals surface area contributed by atoms with Crippen LogP contribution in [0.4, 0.5) is 0 Å². The molecule has 0 amide bonds. The Labute approximate surface area is 102 Å². The lowest BCUT2D eigenvalue weighted by Gasteiger charge is -2.11. The summed E-state index contributed by atoms with van der Waals surface area (Å²) in [6.45, 7) is 3.29. The summed E-state index contributed by atoms with van der Waals surface area (Å²) in [7, 11) is 5.50. The summed E-state index contributed by atoms with van der Waals surface area (Å²) in [5, 5.41) is 4.17. The summed E-state index contributed by atoms with van der Waals surface area (Å²) < 4.78 is 6.83. The fourth-order valence-corrected chi connectivity index (χ4v) is 1.46. The molecule has 0 aliphatic rings. The maximum Gasteiger partial charge on any atom is 0.207 e. The Morgan fingerprint density at radius 3 is 2.82 bits per heavy atom. The van der Waals surface area contributed by atoms with E-state index in [9.17, 15) is 4.79 Å². The summed E-state index contributed by atoms with van der Waals surface area (Å²) >= 11 is 0. The van der Waals surface area contributed by atoms with Crippen LogP contribution in [0.2, 0.25) is 0 Å². The van der Waals surface area contributed by atoms with Crippen LogP contribution in [0.3, 0.4) is 0 Å². The lowest BCUT2D eigenvalue weighted by Crippen LogP contribution is -2.21. The first-order valence-electron chi connectivity index (χ1n) is 5.51. The van der Waals surface area contributed by atoms with Crippen molar-refractivity contribution in [3.8, 4) is 5.75 Å². The Kier molecular flexibility index (Phi) is 4.90. The van der Waals surface area contributed by atoms with Crippen LogP contribution in [0.1, 0.15) is 17.4 Å². The molecule has 0 radical (unpaired) electrons. The molecule has 0 saturated heterocycles. The van der Waals surface area contributed by atoms with Gasteiger partial charge in [-0.05, 0) is 27.1 Å². The number of ketones is 1. The molecule has 1 heterocycles. The molecule has 5 heteroatoms. The number of hydrogen-bond acceptors (Lipinski definition) is 4. The number of nitrogens with zero attached hydrogens (tertiary/aromatic N) is 3. The topological polar surface area (TPSA) is 47.4 Å². The lowest BCUT2D eigenvalue weighted by molar-refractivity contribution is 0.103. The largest absolute Gasteiger partial charge is 0.493 e. The van der Waals surface area contributed by atoms with Crippen molar-refractivity contribution in [3.63, 3.8) is 0 Å². The summed E-state index contributed by atoms with van der Waals surface area (Å²) in [4.78, 5) is 13.9. The van der Waals surface area contributed by atoms with Gasteiger partial charge in [-0.2, -0.15) is 5.10 Å². The first kappa shape index (κ1) is 13.4. The van der Waals surface area contributed by atoms with E-state index in [0.29, 0.717) is 18.0 Å². The van der Waals surface area contributed by atoms with Crippen molar-refractivity contribution in [1.82, 2.24) is 14.7 Å². The zero-order valence-corrected chi connectivity index (χ0v) is 10.8. The quantitative estimate of drug-likeness (QED) is 0.551. The molecule has 0 aromatic carbocycles. The monoisotopic (exact) mass is 237 g/mol. The number of likely N-dealkylation sites (N-methyl/N-ethyl adjacent to an activating group) is 1. The zero-order valence-electron chi connectivity index (χ0n) is 10.8. The average Bonchev–Trinajstić information content (AvgIpc) is 2.69. The molecule has 0 fully saturated rings. The van der Waals surface area contributed by atoms with E-state index in [1.165, 1.54) is 6.08 Å². The minimum absolute atomic E-state index is 0.0828. The minimum Gasteiger partial charge on any atom is -0.493 e. The average molecular weight is 237 g/mol. The van der Waals surface area contributed by atoms with Gasteiger partial charge in [-0.15, -0.1) is 0 Å². The van der Waals surface area contributed by atoms with E-state index in [0.717, 1.165) is 6.54 Å². The van der Waals surface area contributed by atoms with Gasteiger partial charge < -0.3 is 9.64 Å². The van der Waals surface area contributed by atoms with Crippen LogP contribution >= 0.6 is 0 Å². The third-order valence-electron chi connectivity index (χ3n) is 2.34. The Bertz CT molecular complexity index is 408. The highest BCUT2D eigenvalue weighted by Crippen LogP contribution is 2.18. The molecule has 0 aliphatic heterocycles. The predicted molar refractivity (Wildman–Crippen MR) is 66.5 cm³/mol.